The Hall–Kier alpha value is -0.670. The van der Waals surface area contributed by atoms with Gasteiger partial charge in [0, 0.05) is 17.8 Å². The van der Waals surface area contributed by atoms with Gasteiger partial charge in [-0.15, -0.1) is 0 Å². The van der Waals surface area contributed by atoms with Gasteiger partial charge in [0.05, 0.1) is 0 Å². The lowest BCUT2D eigenvalue weighted by molar-refractivity contribution is 0.312. The van der Waals surface area contributed by atoms with Crippen molar-refractivity contribution in [3.63, 3.8) is 0 Å². The molecule has 1 rings (SSSR count). The van der Waals surface area contributed by atoms with Gasteiger partial charge < -0.3 is 10.1 Å². The van der Waals surface area contributed by atoms with E-state index in [4.69, 9.17) is 4.74 Å². The quantitative estimate of drug-likeness (QED) is 0.573. The lowest BCUT2D eigenvalue weighted by Crippen LogP contribution is -2.32. The van der Waals surface area contributed by atoms with Gasteiger partial charge in [-0.05, 0) is 26.0 Å². The Bertz CT molecular complexity index is 269. The molecule has 0 spiro atoms. The highest BCUT2D eigenvalue weighted by Gasteiger charge is 2.09. The van der Waals surface area contributed by atoms with Crippen LogP contribution >= 0.6 is 12.6 Å². The molecule has 0 saturated carbocycles. The van der Waals surface area contributed by atoms with Crippen LogP contribution in [0, 0.1) is 0 Å². The van der Waals surface area contributed by atoms with Crippen molar-refractivity contribution in [1.82, 2.24) is 5.32 Å². The molecule has 15 heavy (non-hydrogen) atoms. The van der Waals surface area contributed by atoms with Crippen LogP contribution < -0.4 is 10.1 Å². The van der Waals surface area contributed by atoms with E-state index in [1.54, 1.807) is 0 Å². The number of hydrogen-bond donors (Lipinski definition) is 2. The SMILES string of the molecule is CC(C)(S)CNCCOc1ccccc1. The molecule has 0 radical (unpaired) electrons. The molecule has 0 heterocycles. The van der Waals surface area contributed by atoms with Gasteiger partial charge in [-0.1, -0.05) is 18.2 Å². The number of benzene rings is 1. The number of nitrogens with one attached hydrogen (secondary N) is 1. The van der Waals surface area contributed by atoms with Crippen LogP contribution in [0.4, 0.5) is 0 Å². The van der Waals surface area contributed by atoms with Gasteiger partial charge in [0.1, 0.15) is 12.4 Å². The summed E-state index contributed by atoms with van der Waals surface area (Å²) < 4.78 is 5.57. The standard InChI is InChI=1S/C12H19NOS/c1-12(2,15)10-13-8-9-14-11-6-4-3-5-7-11/h3-7,13,15H,8-10H2,1-2H3. The number of rotatable bonds is 6. The smallest absolute Gasteiger partial charge is 0.119 e. The molecule has 3 heteroatoms. The van der Waals surface area contributed by atoms with Crippen molar-refractivity contribution in [2.45, 2.75) is 18.6 Å². The summed E-state index contributed by atoms with van der Waals surface area (Å²) in [6, 6.07) is 9.85. The molecule has 0 fully saturated rings. The zero-order chi connectivity index (χ0) is 11.1. The van der Waals surface area contributed by atoms with Crippen LogP contribution in [-0.4, -0.2) is 24.4 Å². The van der Waals surface area contributed by atoms with Gasteiger partial charge in [0.2, 0.25) is 0 Å². The Balaban J connectivity index is 2.08. The minimum atomic E-state index is 0.0345. The summed E-state index contributed by atoms with van der Waals surface area (Å²) in [6.07, 6.45) is 0. The van der Waals surface area contributed by atoms with Crippen LogP contribution in [0.1, 0.15) is 13.8 Å². The Morgan fingerprint density at radius 1 is 1.27 bits per heavy atom. The molecule has 1 aromatic rings. The lowest BCUT2D eigenvalue weighted by Gasteiger charge is -2.17. The number of hydrogen-bond acceptors (Lipinski definition) is 3. The fourth-order valence-electron chi connectivity index (χ4n) is 1.15. The summed E-state index contributed by atoms with van der Waals surface area (Å²) in [7, 11) is 0. The zero-order valence-electron chi connectivity index (χ0n) is 9.36. The number of ether oxygens (including phenoxy) is 1. The van der Waals surface area contributed by atoms with E-state index in [1.807, 2.05) is 30.3 Å². The van der Waals surface area contributed by atoms with Crippen molar-refractivity contribution < 1.29 is 4.74 Å². The third kappa shape index (κ3) is 6.42. The highest BCUT2D eigenvalue weighted by Crippen LogP contribution is 2.09. The normalized spacial score (nSPS) is 11.4. The lowest BCUT2D eigenvalue weighted by atomic mass is 10.2. The van der Waals surface area contributed by atoms with E-state index in [0.717, 1.165) is 18.8 Å². The van der Waals surface area contributed by atoms with Crippen LogP contribution in [0.25, 0.3) is 0 Å². The second-order valence-corrected chi connectivity index (χ2v) is 5.36. The summed E-state index contributed by atoms with van der Waals surface area (Å²) in [5.41, 5.74) is 0. The van der Waals surface area contributed by atoms with Gasteiger partial charge in [-0.25, -0.2) is 0 Å². The van der Waals surface area contributed by atoms with Gasteiger partial charge >= 0.3 is 0 Å². The van der Waals surface area contributed by atoms with Crippen LogP contribution in [0.5, 0.6) is 5.75 Å². The monoisotopic (exact) mass is 225 g/mol. The topological polar surface area (TPSA) is 21.3 Å². The molecule has 0 aliphatic heterocycles. The van der Waals surface area contributed by atoms with Crippen molar-refractivity contribution in [2.75, 3.05) is 19.7 Å². The highest BCUT2D eigenvalue weighted by molar-refractivity contribution is 7.81. The molecule has 0 aliphatic carbocycles. The van der Waals surface area contributed by atoms with Crippen LogP contribution in [0.15, 0.2) is 30.3 Å². The van der Waals surface area contributed by atoms with Crippen molar-refractivity contribution >= 4 is 12.6 Å². The van der Waals surface area contributed by atoms with E-state index in [1.165, 1.54) is 0 Å². The van der Waals surface area contributed by atoms with Crippen molar-refractivity contribution in [3.8, 4) is 5.75 Å². The third-order valence-corrected chi connectivity index (χ3v) is 2.01. The molecule has 1 N–H and O–H groups in total. The average Bonchev–Trinajstić information content (AvgIpc) is 2.17. The molecule has 0 bridgehead atoms. The third-order valence-electron chi connectivity index (χ3n) is 1.85. The van der Waals surface area contributed by atoms with E-state index in [2.05, 4.69) is 31.8 Å². The molecule has 0 saturated heterocycles. The predicted octanol–water partition coefficient (Wildman–Crippen LogP) is 2.36. The minimum absolute atomic E-state index is 0.0345. The van der Waals surface area contributed by atoms with Crippen LogP contribution in [0.3, 0.4) is 0 Å². The molecule has 1 aromatic carbocycles. The first-order valence-electron chi connectivity index (χ1n) is 5.19. The van der Waals surface area contributed by atoms with Gasteiger partial charge in [-0.3, -0.25) is 0 Å². The maximum atomic E-state index is 5.53. The second kappa shape index (κ2) is 6.03. The first-order chi connectivity index (χ1) is 7.08. The second-order valence-electron chi connectivity index (χ2n) is 4.15. The van der Waals surface area contributed by atoms with E-state index in [9.17, 15) is 0 Å². The van der Waals surface area contributed by atoms with Crippen molar-refractivity contribution in [3.05, 3.63) is 30.3 Å². The first kappa shape index (κ1) is 12.4. The summed E-state index contributed by atoms with van der Waals surface area (Å²) in [4.78, 5) is 0. The molecular weight excluding hydrogens is 206 g/mol. The predicted molar refractivity (Wildman–Crippen MR) is 67.9 cm³/mol. The number of para-hydroxylation sites is 1. The van der Waals surface area contributed by atoms with Crippen molar-refractivity contribution in [1.29, 1.82) is 0 Å². The van der Waals surface area contributed by atoms with E-state index < -0.39 is 0 Å². The van der Waals surface area contributed by atoms with E-state index in [0.29, 0.717) is 6.61 Å². The maximum absolute atomic E-state index is 5.53. The molecule has 0 unspecified atom stereocenters. The highest BCUT2D eigenvalue weighted by atomic mass is 32.1. The van der Waals surface area contributed by atoms with Crippen LogP contribution in [0.2, 0.25) is 0 Å². The van der Waals surface area contributed by atoms with Crippen molar-refractivity contribution in [2.24, 2.45) is 0 Å². The number of thiol groups is 1. The van der Waals surface area contributed by atoms with Gasteiger partial charge in [-0.2, -0.15) is 12.6 Å². The maximum Gasteiger partial charge on any atom is 0.119 e. The summed E-state index contributed by atoms with van der Waals surface area (Å²) in [5, 5.41) is 3.29. The summed E-state index contributed by atoms with van der Waals surface area (Å²) >= 11 is 4.42. The first-order valence-corrected chi connectivity index (χ1v) is 5.63. The molecular formula is C12H19NOS. The fourth-order valence-corrected chi connectivity index (χ4v) is 1.26. The Kier molecular flexibility index (Phi) is 4.99. The average molecular weight is 225 g/mol. The van der Waals surface area contributed by atoms with E-state index >= 15 is 0 Å². The molecule has 0 amide bonds. The zero-order valence-corrected chi connectivity index (χ0v) is 10.3. The minimum Gasteiger partial charge on any atom is -0.492 e. The largest absolute Gasteiger partial charge is 0.492 e. The molecule has 0 aliphatic rings. The Morgan fingerprint density at radius 2 is 1.93 bits per heavy atom. The van der Waals surface area contributed by atoms with E-state index in [-0.39, 0.29) is 4.75 Å². The summed E-state index contributed by atoms with van der Waals surface area (Å²) in [6.45, 7) is 6.59. The van der Waals surface area contributed by atoms with Gasteiger partial charge in [0.15, 0.2) is 0 Å². The Labute approximate surface area is 97.4 Å². The Morgan fingerprint density at radius 3 is 2.53 bits per heavy atom. The molecule has 84 valence electrons. The molecule has 0 aromatic heterocycles. The van der Waals surface area contributed by atoms with Crippen LogP contribution in [-0.2, 0) is 0 Å². The van der Waals surface area contributed by atoms with Gasteiger partial charge in [0.25, 0.3) is 0 Å². The molecule has 2 nitrogen and oxygen atoms in total. The molecule has 0 atom stereocenters. The summed E-state index contributed by atoms with van der Waals surface area (Å²) in [5.74, 6) is 0.921. The fraction of sp³-hybridized carbons (Fsp3) is 0.500.